The van der Waals surface area contributed by atoms with Crippen LogP contribution in [0.25, 0.3) is 0 Å². The molecule has 2 heterocycles. The van der Waals surface area contributed by atoms with Crippen molar-refractivity contribution in [3.05, 3.63) is 71.3 Å². The third kappa shape index (κ3) is 5.10. The van der Waals surface area contributed by atoms with Crippen LogP contribution >= 0.6 is 11.8 Å². The standard InChI is InChI=1S/C28H35N3O3S/c1-17(2)22(24(32)29-18(3)15-16-19-11-7-6-8-12-19)30-25(33)23-28(4,5)35-27-21-14-10-9-13-20(21)26(34)31(23)27/h6-14,17-18,22-23,27H,15-16H2,1-5H3,(H,29,32)(H,30,33)/t18-,22-,23+,27-/m0/s1. The Balaban J connectivity index is 1.43. The van der Waals surface area contributed by atoms with E-state index in [0.29, 0.717) is 5.56 Å². The maximum absolute atomic E-state index is 13.6. The lowest BCUT2D eigenvalue weighted by atomic mass is 9.97. The molecule has 2 N–H and O–H groups in total. The molecule has 1 fully saturated rings. The number of carbonyl (C=O) groups excluding carboxylic acids is 3. The van der Waals surface area contributed by atoms with Crippen LogP contribution in [-0.2, 0) is 16.0 Å². The summed E-state index contributed by atoms with van der Waals surface area (Å²) in [5, 5.41) is 5.89. The van der Waals surface area contributed by atoms with Gasteiger partial charge in [-0.1, -0.05) is 62.4 Å². The fourth-order valence-corrected chi connectivity index (χ4v) is 6.59. The van der Waals surface area contributed by atoms with Gasteiger partial charge < -0.3 is 15.5 Å². The maximum atomic E-state index is 13.6. The van der Waals surface area contributed by atoms with Crippen LogP contribution in [0.4, 0.5) is 0 Å². The van der Waals surface area contributed by atoms with Crippen LogP contribution in [0.3, 0.4) is 0 Å². The molecule has 1 saturated heterocycles. The zero-order valence-electron chi connectivity index (χ0n) is 21.1. The second-order valence-corrected chi connectivity index (χ2v) is 12.2. The Morgan fingerprint density at radius 2 is 1.66 bits per heavy atom. The van der Waals surface area contributed by atoms with Crippen molar-refractivity contribution in [3.8, 4) is 0 Å². The van der Waals surface area contributed by atoms with Gasteiger partial charge >= 0.3 is 0 Å². The summed E-state index contributed by atoms with van der Waals surface area (Å²) >= 11 is 1.62. The average Bonchev–Trinajstić information content (AvgIpc) is 3.25. The Labute approximate surface area is 212 Å². The molecule has 0 radical (unpaired) electrons. The first-order valence-corrected chi connectivity index (χ1v) is 13.2. The number of nitrogens with one attached hydrogen (secondary N) is 2. The molecule has 2 aliphatic heterocycles. The predicted octanol–water partition coefficient (Wildman–Crippen LogP) is 4.31. The van der Waals surface area contributed by atoms with Crippen molar-refractivity contribution in [2.45, 2.75) is 75.7 Å². The van der Waals surface area contributed by atoms with Crippen molar-refractivity contribution in [2.75, 3.05) is 0 Å². The SMILES string of the molecule is CC(C)[C@H](NC(=O)[C@H]1N2C(=O)c3ccccc3[C@@H]2SC1(C)C)C(=O)N[C@@H](C)CCc1ccccc1. The van der Waals surface area contributed by atoms with Gasteiger partial charge in [-0.2, -0.15) is 0 Å². The van der Waals surface area contributed by atoms with E-state index in [9.17, 15) is 14.4 Å². The number of thioether (sulfide) groups is 1. The topological polar surface area (TPSA) is 78.5 Å². The zero-order chi connectivity index (χ0) is 25.3. The highest BCUT2D eigenvalue weighted by atomic mass is 32.2. The molecule has 2 aromatic carbocycles. The van der Waals surface area contributed by atoms with Crippen LogP contribution in [0.1, 0.15) is 67.9 Å². The molecule has 0 unspecified atom stereocenters. The average molecular weight is 494 g/mol. The molecule has 4 atom stereocenters. The largest absolute Gasteiger partial charge is 0.352 e. The van der Waals surface area contributed by atoms with Crippen LogP contribution in [0.5, 0.6) is 0 Å². The first kappa shape index (κ1) is 25.3. The van der Waals surface area contributed by atoms with Crippen molar-refractivity contribution in [3.63, 3.8) is 0 Å². The minimum absolute atomic E-state index is 0.0293. The van der Waals surface area contributed by atoms with Crippen LogP contribution in [-0.4, -0.2) is 45.5 Å². The van der Waals surface area contributed by atoms with E-state index < -0.39 is 16.8 Å². The summed E-state index contributed by atoms with van der Waals surface area (Å²) in [6.45, 7) is 9.82. The van der Waals surface area contributed by atoms with Gasteiger partial charge in [-0.3, -0.25) is 14.4 Å². The molecule has 3 amide bonds. The number of amides is 3. The predicted molar refractivity (Wildman–Crippen MR) is 140 cm³/mol. The number of hydrogen-bond donors (Lipinski definition) is 2. The molecule has 0 aromatic heterocycles. The van der Waals surface area contributed by atoms with Crippen LogP contribution < -0.4 is 10.6 Å². The van der Waals surface area contributed by atoms with Crippen molar-refractivity contribution in [1.29, 1.82) is 0 Å². The molecule has 35 heavy (non-hydrogen) atoms. The number of nitrogens with zero attached hydrogens (tertiary/aromatic N) is 1. The summed E-state index contributed by atoms with van der Waals surface area (Å²) in [4.78, 5) is 41.7. The quantitative estimate of drug-likeness (QED) is 0.574. The number of aryl methyl sites for hydroxylation is 1. The number of fused-ring (bicyclic) bond motifs is 3. The summed E-state index contributed by atoms with van der Waals surface area (Å²) in [5.74, 6) is -0.689. The Bertz CT molecular complexity index is 1100. The molecule has 2 aliphatic rings. The van der Waals surface area contributed by atoms with E-state index >= 15 is 0 Å². The molecule has 0 saturated carbocycles. The fraction of sp³-hybridized carbons (Fsp3) is 0.464. The minimum Gasteiger partial charge on any atom is -0.352 e. The minimum atomic E-state index is -0.679. The van der Waals surface area contributed by atoms with Gasteiger partial charge in [-0.25, -0.2) is 0 Å². The zero-order valence-corrected chi connectivity index (χ0v) is 21.9. The highest BCUT2D eigenvalue weighted by Crippen LogP contribution is 2.56. The molecule has 2 aromatic rings. The number of carbonyl (C=O) groups is 3. The van der Waals surface area contributed by atoms with E-state index in [2.05, 4.69) is 22.8 Å². The Kier molecular flexibility index (Phi) is 7.27. The third-order valence-electron chi connectivity index (χ3n) is 6.89. The molecule has 0 spiro atoms. The smallest absolute Gasteiger partial charge is 0.256 e. The second-order valence-electron chi connectivity index (χ2n) is 10.4. The highest BCUT2D eigenvalue weighted by Gasteiger charge is 2.57. The monoisotopic (exact) mass is 493 g/mol. The van der Waals surface area contributed by atoms with E-state index in [1.54, 1.807) is 16.7 Å². The van der Waals surface area contributed by atoms with Gasteiger partial charge in [0.2, 0.25) is 11.8 Å². The summed E-state index contributed by atoms with van der Waals surface area (Å²) in [6, 6.07) is 16.4. The number of rotatable bonds is 8. The lowest BCUT2D eigenvalue weighted by Gasteiger charge is -2.32. The highest BCUT2D eigenvalue weighted by molar-refractivity contribution is 8.01. The van der Waals surface area contributed by atoms with Crippen LogP contribution in [0.15, 0.2) is 54.6 Å². The van der Waals surface area contributed by atoms with Gasteiger partial charge in [-0.05, 0) is 56.7 Å². The van der Waals surface area contributed by atoms with Crippen LogP contribution in [0, 0.1) is 5.92 Å². The maximum Gasteiger partial charge on any atom is 0.256 e. The van der Waals surface area contributed by atoms with Crippen LogP contribution in [0.2, 0.25) is 0 Å². The summed E-state index contributed by atoms with van der Waals surface area (Å²) in [7, 11) is 0. The fourth-order valence-electron chi connectivity index (χ4n) is 5.00. The van der Waals surface area contributed by atoms with Gasteiger partial charge in [0.1, 0.15) is 17.5 Å². The summed E-state index contributed by atoms with van der Waals surface area (Å²) in [5.41, 5.74) is 2.84. The van der Waals surface area contributed by atoms with Crippen molar-refractivity contribution in [2.24, 2.45) is 5.92 Å². The molecule has 0 bridgehead atoms. The van der Waals surface area contributed by atoms with E-state index in [0.717, 1.165) is 18.4 Å². The molecular formula is C28H35N3O3S. The van der Waals surface area contributed by atoms with Gasteiger partial charge in [0.05, 0.1) is 0 Å². The summed E-state index contributed by atoms with van der Waals surface area (Å²) in [6.07, 6.45) is 1.68. The summed E-state index contributed by atoms with van der Waals surface area (Å²) < 4.78 is -0.487. The van der Waals surface area contributed by atoms with E-state index in [1.165, 1.54) is 5.56 Å². The Hall–Kier alpha value is -2.80. The first-order valence-electron chi connectivity index (χ1n) is 12.3. The Morgan fingerprint density at radius 3 is 2.34 bits per heavy atom. The molecule has 186 valence electrons. The normalized spacial score (nSPS) is 21.9. The Morgan fingerprint density at radius 1 is 1.00 bits per heavy atom. The van der Waals surface area contributed by atoms with E-state index in [1.807, 2.05) is 77.1 Å². The van der Waals surface area contributed by atoms with Crippen molar-refractivity contribution in [1.82, 2.24) is 15.5 Å². The van der Waals surface area contributed by atoms with Crippen molar-refractivity contribution < 1.29 is 14.4 Å². The van der Waals surface area contributed by atoms with Gasteiger partial charge in [0.25, 0.3) is 5.91 Å². The lowest BCUT2D eigenvalue weighted by molar-refractivity contribution is -0.133. The molecule has 7 heteroatoms. The molecular weight excluding hydrogens is 458 g/mol. The first-order chi connectivity index (χ1) is 16.6. The lowest BCUT2D eigenvalue weighted by Crippen LogP contribution is -2.58. The second kappa shape index (κ2) is 10.1. The molecule has 6 nitrogen and oxygen atoms in total. The van der Waals surface area contributed by atoms with Gasteiger partial charge in [-0.15, -0.1) is 11.8 Å². The van der Waals surface area contributed by atoms with Crippen molar-refractivity contribution >= 4 is 29.5 Å². The van der Waals surface area contributed by atoms with E-state index in [4.69, 9.17) is 0 Å². The molecule has 4 rings (SSSR count). The van der Waals surface area contributed by atoms with Gasteiger partial charge in [0.15, 0.2) is 0 Å². The number of hydrogen-bond acceptors (Lipinski definition) is 4. The third-order valence-corrected chi connectivity index (χ3v) is 8.42. The van der Waals surface area contributed by atoms with E-state index in [-0.39, 0.29) is 35.1 Å². The number of benzene rings is 2. The van der Waals surface area contributed by atoms with Gasteiger partial charge in [0, 0.05) is 16.4 Å². The molecule has 0 aliphatic carbocycles.